The highest BCUT2D eigenvalue weighted by Crippen LogP contribution is 2.27. The van der Waals surface area contributed by atoms with Crippen molar-refractivity contribution in [1.82, 2.24) is 4.90 Å². The van der Waals surface area contributed by atoms with E-state index in [9.17, 15) is 8.78 Å². The molecular formula is C13H17ClF2N2O. The molecule has 0 amide bonds. The van der Waals surface area contributed by atoms with Crippen LogP contribution in [0.5, 0.6) is 5.75 Å². The minimum Gasteiger partial charge on any atom is -0.434 e. The van der Waals surface area contributed by atoms with Gasteiger partial charge in [0.15, 0.2) is 0 Å². The van der Waals surface area contributed by atoms with Gasteiger partial charge in [-0.15, -0.1) is 0 Å². The number of nitrogens with zero attached hydrogens (tertiary/aromatic N) is 1. The molecule has 6 heteroatoms. The molecule has 1 fully saturated rings. The highest BCUT2D eigenvalue weighted by molar-refractivity contribution is 6.30. The molecule has 0 spiro atoms. The normalized spacial score (nSPS) is 24.1. The van der Waals surface area contributed by atoms with E-state index in [2.05, 4.69) is 16.6 Å². The van der Waals surface area contributed by atoms with E-state index in [-0.39, 0.29) is 11.8 Å². The number of hydrogen-bond acceptors (Lipinski definition) is 3. The molecule has 2 rings (SSSR count). The Morgan fingerprint density at radius 3 is 2.79 bits per heavy atom. The quantitative estimate of drug-likeness (QED) is 0.927. The summed E-state index contributed by atoms with van der Waals surface area (Å²) in [6.07, 6.45) is 0. The lowest BCUT2D eigenvalue weighted by molar-refractivity contribution is -0.0507. The fourth-order valence-corrected chi connectivity index (χ4v) is 2.54. The fraction of sp³-hybridized carbons (Fsp3) is 0.538. The zero-order valence-electron chi connectivity index (χ0n) is 10.7. The van der Waals surface area contributed by atoms with Crippen molar-refractivity contribution in [2.45, 2.75) is 26.1 Å². The van der Waals surface area contributed by atoms with Crippen LogP contribution in [0.15, 0.2) is 18.2 Å². The Morgan fingerprint density at radius 2 is 2.21 bits per heavy atom. The molecule has 1 saturated heterocycles. The van der Waals surface area contributed by atoms with Crippen LogP contribution in [0.25, 0.3) is 0 Å². The van der Waals surface area contributed by atoms with Crippen molar-refractivity contribution in [2.75, 3.05) is 13.1 Å². The van der Waals surface area contributed by atoms with Gasteiger partial charge in [-0.1, -0.05) is 18.5 Å². The van der Waals surface area contributed by atoms with E-state index in [1.54, 1.807) is 12.1 Å². The van der Waals surface area contributed by atoms with E-state index < -0.39 is 6.61 Å². The van der Waals surface area contributed by atoms with E-state index in [0.29, 0.717) is 23.0 Å². The monoisotopic (exact) mass is 290 g/mol. The Kier molecular flexibility index (Phi) is 4.60. The molecule has 0 aromatic heterocycles. The molecule has 3 nitrogen and oxygen atoms in total. The molecule has 2 N–H and O–H groups in total. The lowest BCUT2D eigenvalue weighted by atomic mass is 10.1. The maximum atomic E-state index is 12.3. The molecule has 1 aliphatic heterocycles. The van der Waals surface area contributed by atoms with Crippen LogP contribution in [0.1, 0.15) is 12.5 Å². The molecule has 2 atom stereocenters. The van der Waals surface area contributed by atoms with Crippen LogP contribution >= 0.6 is 11.6 Å². The molecular weight excluding hydrogens is 274 g/mol. The van der Waals surface area contributed by atoms with E-state index in [1.807, 2.05) is 0 Å². The van der Waals surface area contributed by atoms with Crippen molar-refractivity contribution < 1.29 is 13.5 Å². The first-order chi connectivity index (χ1) is 8.95. The lowest BCUT2D eigenvalue weighted by Crippen LogP contribution is -2.28. The van der Waals surface area contributed by atoms with Crippen molar-refractivity contribution in [2.24, 2.45) is 11.7 Å². The van der Waals surface area contributed by atoms with Crippen molar-refractivity contribution in [3.63, 3.8) is 0 Å². The Bertz CT molecular complexity index is 435. The SMILES string of the molecule is CC1CN(Cc2cc(Cl)ccc2OC(F)F)CC1N. The van der Waals surface area contributed by atoms with Gasteiger partial charge in [-0.25, -0.2) is 0 Å². The van der Waals surface area contributed by atoms with Gasteiger partial charge in [0.05, 0.1) is 0 Å². The van der Waals surface area contributed by atoms with Crippen molar-refractivity contribution in [3.05, 3.63) is 28.8 Å². The Hall–Kier alpha value is -0.910. The van der Waals surface area contributed by atoms with Gasteiger partial charge in [-0.2, -0.15) is 8.78 Å². The van der Waals surface area contributed by atoms with Crippen LogP contribution in [0.3, 0.4) is 0 Å². The number of rotatable bonds is 4. The Morgan fingerprint density at radius 1 is 1.47 bits per heavy atom. The molecule has 0 bridgehead atoms. The molecule has 2 unspecified atom stereocenters. The third-order valence-electron chi connectivity index (χ3n) is 3.38. The predicted octanol–water partition coefficient (Wildman–Crippen LogP) is 2.72. The van der Waals surface area contributed by atoms with E-state index >= 15 is 0 Å². The van der Waals surface area contributed by atoms with Crippen LogP contribution in [-0.4, -0.2) is 30.6 Å². The maximum absolute atomic E-state index is 12.3. The first-order valence-corrected chi connectivity index (χ1v) is 6.54. The summed E-state index contributed by atoms with van der Waals surface area (Å²) in [5.41, 5.74) is 6.61. The number of alkyl halides is 2. The van der Waals surface area contributed by atoms with Gasteiger partial charge in [-0.3, -0.25) is 4.90 Å². The molecule has 1 aromatic rings. The minimum absolute atomic E-state index is 0.124. The topological polar surface area (TPSA) is 38.5 Å². The number of ether oxygens (including phenoxy) is 1. The van der Waals surface area contributed by atoms with Crippen LogP contribution in [0.2, 0.25) is 5.02 Å². The third kappa shape index (κ3) is 3.78. The van der Waals surface area contributed by atoms with Crippen LogP contribution in [0, 0.1) is 5.92 Å². The summed E-state index contributed by atoms with van der Waals surface area (Å²) in [4.78, 5) is 2.12. The van der Waals surface area contributed by atoms with Crippen molar-refractivity contribution in [3.8, 4) is 5.75 Å². The average Bonchev–Trinajstić information content (AvgIpc) is 2.61. The Balaban J connectivity index is 2.12. The predicted molar refractivity (Wildman–Crippen MR) is 70.5 cm³/mol. The molecule has 1 heterocycles. The van der Waals surface area contributed by atoms with Gasteiger partial charge >= 0.3 is 6.61 Å². The molecule has 0 saturated carbocycles. The first kappa shape index (κ1) is 14.5. The molecule has 106 valence electrons. The molecule has 1 aromatic carbocycles. The third-order valence-corrected chi connectivity index (χ3v) is 3.61. The van der Waals surface area contributed by atoms with E-state index in [1.165, 1.54) is 6.07 Å². The maximum Gasteiger partial charge on any atom is 0.387 e. The number of benzene rings is 1. The molecule has 0 aliphatic carbocycles. The van der Waals surface area contributed by atoms with E-state index in [4.69, 9.17) is 17.3 Å². The summed E-state index contributed by atoms with van der Waals surface area (Å²) in [6, 6.07) is 4.80. The second kappa shape index (κ2) is 6.03. The molecule has 0 radical (unpaired) electrons. The van der Waals surface area contributed by atoms with E-state index in [0.717, 1.165) is 13.1 Å². The van der Waals surface area contributed by atoms with Gasteiger partial charge in [0, 0.05) is 36.3 Å². The summed E-state index contributed by atoms with van der Waals surface area (Å²) in [6.45, 7) is 1.36. The van der Waals surface area contributed by atoms with Crippen LogP contribution in [0.4, 0.5) is 8.78 Å². The Labute approximate surface area is 116 Å². The van der Waals surface area contributed by atoms with Gasteiger partial charge in [0.1, 0.15) is 5.75 Å². The van der Waals surface area contributed by atoms with Gasteiger partial charge < -0.3 is 10.5 Å². The second-order valence-electron chi connectivity index (χ2n) is 4.97. The fourth-order valence-electron chi connectivity index (χ4n) is 2.35. The minimum atomic E-state index is -2.83. The van der Waals surface area contributed by atoms with Gasteiger partial charge in [0.25, 0.3) is 0 Å². The largest absolute Gasteiger partial charge is 0.434 e. The summed E-state index contributed by atoms with van der Waals surface area (Å²) in [5, 5.41) is 0.508. The highest BCUT2D eigenvalue weighted by Gasteiger charge is 2.27. The standard InChI is InChI=1S/C13H17ClF2N2O/c1-8-5-18(7-11(8)17)6-9-4-10(14)2-3-12(9)19-13(15)16/h2-4,8,11,13H,5-7,17H2,1H3. The summed E-state index contributed by atoms with van der Waals surface area (Å²) in [7, 11) is 0. The zero-order chi connectivity index (χ0) is 14.0. The second-order valence-corrected chi connectivity index (χ2v) is 5.40. The summed E-state index contributed by atoms with van der Waals surface area (Å²) < 4.78 is 29.2. The van der Waals surface area contributed by atoms with Crippen LogP contribution in [-0.2, 0) is 6.54 Å². The average molecular weight is 291 g/mol. The summed E-state index contributed by atoms with van der Waals surface area (Å²) >= 11 is 5.91. The lowest BCUT2D eigenvalue weighted by Gasteiger charge is -2.18. The molecule has 19 heavy (non-hydrogen) atoms. The van der Waals surface area contributed by atoms with Crippen molar-refractivity contribution >= 4 is 11.6 Å². The van der Waals surface area contributed by atoms with Crippen molar-refractivity contribution in [1.29, 1.82) is 0 Å². The first-order valence-electron chi connectivity index (χ1n) is 6.17. The van der Waals surface area contributed by atoms with Gasteiger partial charge in [0.2, 0.25) is 0 Å². The summed E-state index contributed by atoms with van der Waals surface area (Å²) in [5.74, 6) is 0.575. The zero-order valence-corrected chi connectivity index (χ0v) is 11.4. The van der Waals surface area contributed by atoms with Gasteiger partial charge in [-0.05, 0) is 24.1 Å². The number of nitrogens with two attached hydrogens (primary N) is 1. The number of likely N-dealkylation sites (tertiary alicyclic amines) is 1. The highest BCUT2D eigenvalue weighted by atomic mass is 35.5. The smallest absolute Gasteiger partial charge is 0.387 e. The molecule has 1 aliphatic rings. The number of halogens is 3. The number of hydrogen-bond donors (Lipinski definition) is 1. The van der Waals surface area contributed by atoms with Crippen LogP contribution < -0.4 is 10.5 Å².